The lowest BCUT2D eigenvalue weighted by Gasteiger charge is -2.21. The molecule has 23 heavy (non-hydrogen) atoms. The molecule has 0 saturated heterocycles. The van der Waals surface area contributed by atoms with E-state index in [2.05, 4.69) is 59.2 Å². The van der Waals surface area contributed by atoms with Gasteiger partial charge in [-0.05, 0) is 36.3 Å². The number of anilines is 1. The predicted octanol–water partition coefficient (Wildman–Crippen LogP) is 4.45. The molecule has 0 radical (unpaired) electrons. The third-order valence-corrected chi connectivity index (χ3v) is 5.86. The van der Waals surface area contributed by atoms with Crippen molar-refractivity contribution in [1.82, 2.24) is 9.97 Å². The number of thiophene rings is 1. The summed E-state index contributed by atoms with van der Waals surface area (Å²) in [6.07, 6.45) is 5.34. The summed E-state index contributed by atoms with van der Waals surface area (Å²) >= 11 is 1.86. The molecule has 3 aromatic rings. The molecule has 0 saturated carbocycles. The minimum absolute atomic E-state index is 0.786. The van der Waals surface area contributed by atoms with Crippen LogP contribution >= 0.6 is 11.3 Å². The second-order valence-electron chi connectivity index (χ2n) is 6.57. The van der Waals surface area contributed by atoms with E-state index >= 15 is 0 Å². The Morgan fingerprint density at radius 3 is 2.87 bits per heavy atom. The molecule has 3 nitrogen and oxygen atoms in total. The van der Waals surface area contributed by atoms with Crippen LogP contribution in [-0.2, 0) is 19.4 Å². The van der Waals surface area contributed by atoms with Gasteiger partial charge in [-0.1, -0.05) is 37.3 Å². The van der Waals surface area contributed by atoms with Gasteiger partial charge < -0.3 is 4.90 Å². The highest BCUT2D eigenvalue weighted by Crippen LogP contribution is 2.40. The van der Waals surface area contributed by atoms with Gasteiger partial charge in [-0.15, -0.1) is 11.3 Å². The third-order valence-electron chi connectivity index (χ3n) is 4.70. The Morgan fingerprint density at radius 2 is 2.04 bits per heavy atom. The van der Waals surface area contributed by atoms with Crippen LogP contribution in [-0.4, -0.2) is 17.0 Å². The summed E-state index contributed by atoms with van der Waals surface area (Å²) in [6, 6.07) is 10.6. The van der Waals surface area contributed by atoms with Crippen molar-refractivity contribution in [3.05, 3.63) is 52.7 Å². The monoisotopic (exact) mass is 323 g/mol. The fourth-order valence-electron chi connectivity index (χ4n) is 3.48. The van der Waals surface area contributed by atoms with E-state index < -0.39 is 0 Å². The van der Waals surface area contributed by atoms with Crippen LogP contribution in [0.4, 0.5) is 5.82 Å². The highest BCUT2D eigenvalue weighted by atomic mass is 32.1. The number of aromatic nitrogens is 2. The number of rotatable bonds is 3. The average molecular weight is 323 g/mol. The molecular formula is C19H21N3S. The van der Waals surface area contributed by atoms with Crippen molar-refractivity contribution < 1.29 is 0 Å². The van der Waals surface area contributed by atoms with Crippen LogP contribution in [0.5, 0.6) is 0 Å². The summed E-state index contributed by atoms with van der Waals surface area (Å²) < 4.78 is 0. The van der Waals surface area contributed by atoms with Crippen LogP contribution in [0.1, 0.15) is 29.3 Å². The SMILES string of the molecule is CC1CCc2c(sc3ncnc(N(C)Cc4ccccc4)c23)C1. The van der Waals surface area contributed by atoms with Crippen molar-refractivity contribution in [2.45, 2.75) is 32.7 Å². The molecule has 118 valence electrons. The molecule has 1 aromatic carbocycles. The van der Waals surface area contributed by atoms with E-state index in [0.717, 1.165) is 29.5 Å². The molecule has 0 aliphatic heterocycles. The number of hydrogen-bond acceptors (Lipinski definition) is 4. The molecule has 0 bridgehead atoms. The average Bonchev–Trinajstić information content (AvgIpc) is 2.93. The first kappa shape index (κ1) is 14.6. The van der Waals surface area contributed by atoms with Gasteiger partial charge in [-0.2, -0.15) is 0 Å². The van der Waals surface area contributed by atoms with Crippen molar-refractivity contribution in [3.63, 3.8) is 0 Å². The Bertz CT molecular complexity index is 825. The summed E-state index contributed by atoms with van der Waals surface area (Å²) in [4.78, 5) is 14.1. The highest BCUT2D eigenvalue weighted by Gasteiger charge is 2.24. The Balaban J connectivity index is 1.75. The zero-order valence-electron chi connectivity index (χ0n) is 13.6. The number of hydrogen-bond donors (Lipinski definition) is 0. The quantitative estimate of drug-likeness (QED) is 0.713. The van der Waals surface area contributed by atoms with E-state index in [1.807, 2.05) is 11.3 Å². The van der Waals surface area contributed by atoms with Gasteiger partial charge in [0.15, 0.2) is 0 Å². The Morgan fingerprint density at radius 1 is 1.22 bits per heavy atom. The van der Waals surface area contributed by atoms with Gasteiger partial charge >= 0.3 is 0 Å². The molecule has 1 aliphatic rings. The van der Waals surface area contributed by atoms with E-state index in [1.54, 1.807) is 6.33 Å². The molecule has 2 heterocycles. The second kappa shape index (κ2) is 5.93. The molecule has 0 spiro atoms. The van der Waals surface area contributed by atoms with Crippen molar-refractivity contribution in [2.24, 2.45) is 5.92 Å². The van der Waals surface area contributed by atoms with E-state index in [9.17, 15) is 0 Å². The van der Waals surface area contributed by atoms with Gasteiger partial charge in [0.25, 0.3) is 0 Å². The summed E-state index contributed by atoms with van der Waals surface area (Å²) in [6.45, 7) is 3.22. The maximum atomic E-state index is 4.62. The van der Waals surface area contributed by atoms with E-state index in [-0.39, 0.29) is 0 Å². The first-order chi connectivity index (χ1) is 11.2. The highest BCUT2D eigenvalue weighted by molar-refractivity contribution is 7.19. The largest absolute Gasteiger partial charge is 0.355 e. The van der Waals surface area contributed by atoms with Crippen molar-refractivity contribution in [2.75, 3.05) is 11.9 Å². The van der Waals surface area contributed by atoms with Gasteiger partial charge in [-0.3, -0.25) is 0 Å². The minimum atomic E-state index is 0.786. The second-order valence-corrected chi connectivity index (χ2v) is 7.65. The molecular weight excluding hydrogens is 302 g/mol. The Hall–Kier alpha value is -1.94. The first-order valence-electron chi connectivity index (χ1n) is 8.22. The lowest BCUT2D eigenvalue weighted by atomic mass is 9.89. The van der Waals surface area contributed by atoms with Gasteiger partial charge in [0.1, 0.15) is 17.0 Å². The molecule has 0 N–H and O–H groups in total. The van der Waals surface area contributed by atoms with Crippen LogP contribution in [0.2, 0.25) is 0 Å². The first-order valence-corrected chi connectivity index (χ1v) is 9.04. The molecule has 1 aliphatic carbocycles. The predicted molar refractivity (Wildman–Crippen MR) is 97.2 cm³/mol. The van der Waals surface area contributed by atoms with Crippen molar-refractivity contribution in [1.29, 1.82) is 0 Å². The fraction of sp³-hybridized carbons (Fsp3) is 0.368. The minimum Gasteiger partial charge on any atom is -0.355 e. The standard InChI is InChI=1S/C19H21N3S/c1-13-8-9-15-16(10-13)23-19-17(15)18(20-12-21-19)22(2)11-14-6-4-3-5-7-14/h3-7,12-13H,8-11H2,1-2H3. The summed E-state index contributed by atoms with van der Waals surface area (Å²) in [5, 5.41) is 1.29. The van der Waals surface area contributed by atoms with E-state index in [0.29, 0.717) is 0 Å². The van der Waals surface area contributed by atoms with Gasteiger partial charge in [0, 0.05) is 18.5 Å². The smallest absolute Gasteiger partial charge is 0.141 e. The van der Waals surface area contributed by atoms with E-state index in [1.165, 1.54) is 34.2 Å². The van der Waals surface area contributed by atoms with Crippen molar-refractivity contribution in [3.8, 4) is 0 Å². The number of fused-ring (bicyclic) bond motifs is 3. The molecule has 4 heteroatoms. The Labute approximate surface area is 141 Å². The van der Waals surface area contributed by atoms with Crippen LogP contribution in [0, 0.1) is 5.92 Å². The Kier molecular flexibility index (Phi) is 3.77. The lowest BCUT2D eigenvalue weighted by Crippen LogP contribution is -2.18. The third kappa shape index (κ3) is 2.72. The fourth-order valence-corrected chi connectivity index (χ4v) is 4.82. The lowest BCUT2D eigenvalue weighted by molar-refractivity contribution is 0.509. The number of nitrogens with zero attached hydrogens (tertiary/aromatic N) is 3. The maximum Gasteiger partial charge on any atom is 0.141 e. The zero-order valence-corrected chi connectivity index (χ0v) is 14.4. The van der Waals surface area contributed by atoms with Gasteiger partial charge in [0.2, 0.25) is 0 Å². The van der Waals surface area contributed by atoms with Crippen LogP contribution < -0.4 is 4.90 Å². The number of aryl methyl sites for hydroxylation is 1. The van der Waals surface area contributed by atoms with E-state index in [4.69, 9.17) is 0 Å². The molecule has 2 aromatic heterocycles. The maximum absolute atomic E-state index is 4.62. The topological polar surface area (TPSA) is 29.0 Å². The zero-order chi connectivity index (χ0) is 15.8. The normalized spacial score (nSPS) is 17.2. The molecule has 0 amide bonds. The van der Waals surface area contributed by atoms with Crippen LogP contribution in [0.15, 0.2) is 36.7 Å². The van der Waals surface area contributed by atoms with Crippen molar-refractivity contribution >= 4 is 27.4 Å². The summed E-state index contributed by atoms with van der Waals surface area (Å²) in [5.74, 6) is 1.86. The number of benzene rings is 1. The van der Waals surface area contributed by atoms with Crippen LogP contribution in [0.3, 0.4) is 0 Å². The summed E-state index contributed by atoms with van der Waals surface area (Å²) in [5.41, 5.74) is 2.80. The van der Waals surface area contributed by atoms with Gasteiger partial charge in [-0.25, -0.2) is 9.97 Å². The molecule has 4 rings (SSSR count). The molecule has 0 fully saturated rings. The molecule has 1 atom stereocenters. The summed E-state index contributed by atoms with van der Waals surface area (Å²) in [7, 11) is 2.13. The van der Waals surface area contributed by atoms with Crippen LogP contribution in [0.25, 0.3) is 10.2 Å². The van der Waals surface area contributed by atoms with Gasteiger partial charge in [0.05, 0.1) is 5.39 Å². The molecule has 1 unspecified atom stereocenters.